The van der Waals surface area contributed by atoms with E-state index in [0.29, 0.717) is 5.02 Å². The lowest BCUT2D eigenvalue weighted by molar-refractivity contribution is -0.150. The van der Waals surface area contributed by atoms with Gasteiger partial charge in [-0.25, -0.2) is 9.40 Å². The molecule has 3 heterocycles. The van der Waals surface area contributed by atoms with Crippen molar-refractivity contribution in [2.45, 2.75) is 37.6 Å². The quantitative estimate of drug-likeness (QED) is 0.477. The predicted molar refractivity (Wildman–Crippen MR) is 128 cm³/mol. The number of nitrogens with zero attached hydrogens (tertiary/aromatic N) is 3. The molecular formula is C27H25ClFN3O. The summed E-state index contributed by atoms with van der Waals surface area (Å²) in [5.41, 5.74) is 3.82. The summed E-state index contributed by atoms with van der Waals surface area (Å²) in [6.07, 6.45) is 2.47. The van der Waals surface area contributed by atoms with Crippen LogP contribution in [0.2, 0.25) is 5.02 Å². The van der Waals surface area contributed by atoms with Gasteiger partial charge in [0, 0.05) is 49.5 Å². The van der Waals surface area contributed by atoms with Gasteiger partial charge in [0.15, 0.2) is 0 Å². The van der Waals surface area contributed by atoms with Gasteiger partial charge in [-0.05, 0) is 41.5 Å². The number of halogens is 2. The van der Waals surface area contributed by atoms with E-state index in [-0.39, 0.29) is 11.9 Å². The second-order valence-corrected chi connectivity index (χ2v) is 9.55. The Morgan fingerprint density at radius 3 is 2.52 bits per heavy atom. The topological polar surface area (TPSA) is 28.1 Å². The molecule has 6 rings (SSSR count). The zero-order valence-electron chi connectivity index (χ0n) is 18.3. The number of fused-ring (bicyclic) bond motifs is 4. The van der Waals surface area contributed by atoms with Crippen LogP contribution in [-0.2, 0) is 6.54 Å². The number of benzene rings is 3. The first kappa shape index (κ1) is 20.7. The van der Waals surface area contributed by atoms with Gasteiger partial charge < -0.3 is 4.74 Å². The van der Waals surface area contributed by atoms with E-state index in [2.05, 4.69) is 40.2 Å². The third-order valence-electron chi connectivity index (χ3n) is 7.02. The molecule has 1 spiro atoms. The summed E-state index contributed by atoms with van der Waals surface area (Å²) >= 11 is 6.35. The summed E-state index contributed by atoms with van der Waals surface area (Å²) in [6, 6.07) is 23.1. The number of ether oxygens (including phenoxy) is 1. The lowest BCUT2D eigenvalue weighted by Crippen LogP contribution is -2.59. The molecule has 4 nitrogen and oxygen atoms in total. The smallest absolute Gasteiger partial charge is 0.200 e. The Kier molecular flexibility index (Phi) is 5.11. The average Bonchev–Trinajstić information content (AvgIpc) is 3.29. The van der Waals surface area contributed by atoms with Gasteiger partial charge in [-0.1, -0.05) is 54.1 Å². The van der Waals surface area contributed by atoms with Crippen LogP contribution in [0.3, 0.4) is 0 Å². The lowest BCUT2D eigenvalue weighted by Gasteiger charge is -2.51. The summed E-state index contributed by atoms with van der Waals surface area (Å²) < 4.78 is 20.2. The van der Waals surface area contributed by atoms with Crippen LogP contribution in [0.1, 0.15) is 42.0 Å². The third-order valence-corrected chi connectivity index (χ3v) is 7.26. The van der Waals surface area contributed by atoms with Gasteiger partial charge in [-0.2, -0.15) is 5.10 Å². The van der Waals surface area contributed by atoms with Crippen molar-refractivity contribution in [2.24, 2.45) is 5.10 Å². The first-order valence-electron chi connectivity index (χ1n) is 11.5. The van der Waals surface area contributed by atoms with E-state index < -0.39 is 5.72 Å². The summed E-state index contributed by atoms with van der Waals surface area (Å²) in [5, 5.41) is 7.93. The summed E-state index contributed by atoms with van der Waals surface area (Å²) in [5.74, 6) is 0.658. The molecule has 168 valence electrons. The molecule has 3 aromatic carbocycles. The summed E-state index contributed by atoms with van der Waals surface area (Å²) in [7, 11) is 0. The van der Waals surface area contributed by atoms with Crippen molar-refractivity contribution < 1.29 is 9.13 Å². The van der Waals surface area contributed by atoms with E-state index in [9.17, 15) is 4.39 Å². The Bertz CT molecular complexity index is 1190. The molecule has 6 heteroatoms. The largest absolute Gasteiger partial charge is 0.466 e. The standard InChI is InChI=1S/C27H25ClFN3O/c28-21-8-11-26-23(16-21)25-17-24(20-6-9-22(29)10-7-20)30-32(25)27(33-26)12-14-31(15-13-27)18-19-4-2-1-3-5-19/h1-11,16,25H,12-15,17-18H2. The van der Waals surface area contributed by atoms with Crippen LogP contribution in [0.15, 0.2) is 77.9 Å². The summed E-state index contributed by atoms with van der Waals surface area (Å²) in [4.78, 5) is 2.48. The number of hydrogen-bond donors (Lipinski definition) is 0. The highest BCUT2D eigenvalue weighted by Gasteiger charge is 2.51. The molecule has 0 saturated carbocycles. The number of hydrogen-bond acceptors (Lipinski definition) is 4. The summed E-state index contributed by atoms with van der Waals surface area (Å²) in [6.45, 7) is 2.81. The fraction of sp³-hybridized carbons (Fsp3) is 0.296. The Balaban J connectivity index is 1.31. The minimum atomic E-state index is -0.486. The van der Waals surface area contributed by atoms with E-state index >= 15 is 0 Å². The molecular weight excluding hydrogens is 437 g/mol. The third kappa shape index (κ3) is 3.79. The van der Waals surface area contributed by atoms with Crippen LogP contribution in [0.25, 0.3) is 0 Å². The minimum absolute atomic E-state index is 0.0631. The molecule has 0 amide bonds. The van der Waals surface area contributed by atoms with Crippen LogP contribution in [0.5, 0.6) is 5.75 Å². The van der Waals surface area contributed by atoms with Crippen LogP contribution in [0, 0.1) is 5.82 Å². The minimum Gasteiger partial charge on any atom is -0.466 e. The highest BCUT2D eigenvalue weighted by atomic mass is 35.5. The van der Waals surface area contributed by atoms with Crippen molar-refractivity contribution in [3.05, 3.63) is 100 Å². The van der Waals surface area contributed by atoms with E-state index in [0.717, 1.165) is 61.5 Å². The second-order valence-electron chi connectivity index (χ2n) is 9.11. The molecule has 1 fully saturated rings. The molecule has 1 unspecified atom stereocenters. The highest BCUT2D eigenvalue weighted by molar-refractivity contribution is 6.30. The fourth-order valence-corrected chi connectivity index (χ4v) is 5.48. The van der Waals surface area contributed by atoms with Crippen molar-refractivity contribution in [1.29, 1.82) is 0 Å². The molecule has 0 aromatic heterocycles. The maximum atomic E-state index is 13.5. The zero-order valence-corrected chi connectivity index (χ0v) is 19.0. The van der Waals surface area contributed by atoms with E-state index in [1.165, 1.54) is 17.7 Å². The van der Waals surface area contributed by atoms with Gasteiger partial charge in [0.05, 0.1) is 11.8 Å². The Morgan fingerprint density at radius 1 is 1.00 bits per heavy atom. The molecule has 0 N–H and O–H groups in total. The molecule has 0 radical (unpaired) electrons. The van der Waals surface area contributed by atoms with E-state index in [4.69, 9.17) is 21.4 Å². The monoisotopic (exact) mass is 461 g/mol. The molecule has 3 aliphatic heterocycles. The lowest BCUT2D eigenvalue weighted by atomic mass is 9.90. The van der Waals surface area contributed by atoms with Crippen molar-refractivity contribution >= 4 is 17.3 Å². The number of rotatable bonds is 3. The Hall–Kier alpha value is -2.89. The molecule has 0 bridgehead atoms. The second kappa shape index (κ2) is 8.15. The molecule has 3 aromatic rings. The van der Waals surface area contributed by atoms with Crippen molar-refractivity contribution in [3.63, 3.8) is 0 Å². The Labute approximate surface area is 198 Å². The normalized spacial score (nSPS) is 21.3. The fourth-order valence-electron chi connectivity index (χ4n) is 5.30. The molecule has 0 aliphatic carbocycles. The van der Waals surface area contributed by atoms with Crippen molar-refractivity contribution in [3.8, 4) is 5.75 Å². The number of hydrazone groups is 1. The van der Waals surface area contributed by atoms with E-state index in [1.54, 1.807) is 0 Å². The number of piperidine rings is 1. The first-order valence-corrected chi connectivity index (χ1v) is 11.8. The number of likely N-dealkylation sites (tertiary alicyclic amines) is 1. The van der Waals surface area contributed by atoms with Crippen LogP contribution >= 0.6 is 11.6 Å². The maximum absolute atomic E-state index is 13.5. The zero-order chi connectivity index (χ0) is 22.4. The van der Waals surface area contributed by atoms with Gasteiger partial charge >= 0.3 is 0 Å². The van der Waals surface area contributed by atoms with Crippen molar-refractivity contribution in [2.75, 3.05) is 13.1 Å². The molecule has 33 heavy (non-hydrogen) atoms. The van der Waals surface area contributed by atoms with Crippen LogP contribution in [-0.4, -0.2) is 34.4 Å². The van der Waals surface area contributed by atoms with E-state index in [1.807, 2.05) is 30.3 Å². The van der Waals surface area contributed by atoms with Crippen LogP contribution < -0.4 is 4.74 Å². The van der Waals surface area contributed by atoms with Gasteiger partial charge in [-0.3, -0.25) is 4.90 Å². The van der Waals surface area contributed by atoms with Gasteiger partial charge in [0.2, 0.25) is 5.72 Å². The Morgan fingerprint density at radius 2 is 1.76 bits per heavy atom. The highest BCUT2D eigenvalue weighted by Crippen LogP contribution is 2.50. The van der Waals surface area contributed by atoms with Crippen LogP contribution in [0.4, 0.5) is 4.39 Å². The van der Waals surface area contributed by atoms with Gasteiger partial charge in [0.25, 0.3) is 0 Å². The average molecular weight is 462 g/mol. The predicted octanol–water partition coefficient (Wildman–Crippen LogP) is 6.01. The van der Waals surface area contributed by atoms with Gasteiger partial charge in [0.1, 0.15) is 11.6 Å². The maximum Gasteiger partial charge on any atom is 0.200 e. The SMILES string of the molecule is Fc1ccc(C2=NN3C(C2)c2cc(Cl)ccc2OC32CCN(Cc3ccccc3)CC2)cc1. The van der Waals surface area contributed by atoms with Gasteiger partial charge in [-0.15, -0.1) is 0 Å². The van der Waals surface area contributed by atoms with Crippen molar-refractivity contribution in [1.82, 2.24) is 9.91 Å². The molecule has 1 atom stereocenters. The molecule has 3 aliphatic rings. The first-order chi connectivity index (χ1) is 16.1. The molecule has 1 saturated heterocycles.